The smallest absolute Gasteiger partial charge is 0.324 e. The predicted octanol–water partition coefficient (Wildman–Crippen LogP) is 1.08. The summed E-state index contributed by atoms with van der Waals surface area (Å²) in [6.45, 7) is 3.68. The Morgan fingerprint density at radius 1 is 1.20 bits per heavy atom. The number of aryl methyl sites for hydroxylation is 2. The number of rotatable bonds is 3. The van der Waals surface area contributed by atoms with Gasteiger partial charge in [0.15, 0.2) is 11.2 Å². The molecule has 1 amide bonds. The Labute approximate surface area is 143 Å². The number of carbonyl (C=O) groups is 1. The van der Waals surface area contributed by atoms with Gasteiger partial charge in [-0.3, -0.25) is 23.3 Å². The number of nitrogens with one attached hydrogen (secondary N) is 1. The van der Waals surface area contributed by atoms with Gasteiger partial charge in [0.1, 0.15) is 6.33 Å². The molecule has 1 N–H and O–H groups in total. The Bertz CT molecular complexity index is 1100. The van der Waals surface area contributed by atoms with E-state index in [4.69, 9.17) is 0 Å². The molecular formula is C17H19N5O3. The van der Waals surface area contributed by atoms with Crippen molar-refractivity contribution in [1.82, 2.24) is 18.7 Å². The van der Waals surface area contributed by atoms with Crippen LogP contribution in [0.15, 0.2) is 34.1 Å². The zero-order chi connectivity index (χ0) is 18.3. The summed E-state index contributed by atoms with van der Waals surface area (Å²) in [6, 6.07) is 5.52. The van der Waals surface area contributed by atoms with E-state index in [9.17, 15) is 14.4 Å². The van der Waals surface area contributed by atoms with Crippen LogP contribution in [0.4, 0.5) is 5.69 Å². The van der Waals surface area contributed by atoms with Crippen LogP contribution < -0.4 is 16.6 Å². The van der Waals surface area contributed by atoms with Crippen LogP contribution in [-0.4, -0.2) is 24.6 Å². The summed E-state index contributed by atoms with van der Waals surface area (Å²) in [7, 11) is 2.99. The Morgan fingerprint density at radius 2 is 1.92 bits per heavy atom. The monoisotopic (exact) mass is 341 g/mol. The molecule has 0 spiro atoms. The summed E-state index contributed by atoms with van der Waals surface area (Å²) in [4.78, 5) is 40.8. The highest BCUT2D eigenvalue weighted by Gasteiger charge is 2.17. The SMILES string of the molecule is CCC(=O)Nc1ccc(C)cc1-n1cnc2c1c(=O)n(C)c(=O)n2C. The average molecular weight is 341 g/mol. The number of carbonyl (C=O) groups excluding carboxylic acids is 1. The first kappa shape index (κ1) is 16.7. The van der Waals surface area contributed by atoms with Crippen LogP contribution in [0, 0.1) is 6.92 Å². The molecule has 0 atom stereocenters. The molecule has 0 fully saturated rings. The first-order valence-electron chi connectivity index (χ1n) is 7.89. The zero-order valence-electron chi connectivity index (χ0n) is 14.5. The maximum absolute atomic E-state index is 12.6. The van der Waals surface area contributed by atoms with Gasteiger partial charge in [0.05, 0.1) is 11.4 Å². The summed E-state index contributed by atoms with van der Waals surface area (Å²) in [5.74, 6) is -0.130. The minimum absolute atomic E-state index is 0.130. The van der Waals surface area contributed by atoms with E-state index >= 15 is 0 Å². The molecule has 8 heteroatoms. The van der Waals surface area contributed by atoms with Crippen LogP contribution in [0.5, 0.6) is 0 Å². The molecule has 0 aliphatic heterocycles. The van der Waals surface area contributed by atoms with Crippen molar-refractivity contribution in [3.05, 3.63) is 50.9 Å². The first-order valence-corrected chi connectivity index (χ1v) is 7.89. The van der Waals surface area contributed by atoms with Crippen molar-refractivity contribution in [3.63, 3.8) is 0 Å². The van der Waals surface area contributed by atoms with Crippen LogP contribution in [-0.2, 0) is 18.9 Å². The Morgan fingerprint density at radius 3 is 2.60 bits per heavy atom. The van der Waals surface area contributed by atoms with E-state index in [1.807, 2.05) is 19.1 Å². The van der Waals surface area contributed by atoms with E-state index in [0.717, 1.165) is 10.1 Å². The third kappa shape index (κ3) is 2.65. The largest absolute Gasteiger partial charge is 0.332 e. The van der Waals surface area contributed by atoms with E-state index < -0.39 is 11.2 Å². The fraction of sp³-hybridized carbons (Fsp3) is 0.294. The van der Waals surface area contributed by atoms with Gasteiger partial charge in [0, 0.05) is 20.5 Å². The van der Waals surface area contributed by atoms with Crippen molar-refractivity contribution in [2.24, 2.45) is 14.1 Å². The molecule has 0 saturated heterocycles. The van der Waals surface area contributed by atoms with Gasteiger partial charge in [-0.05, 0) is 24.6 Å². The molecule has 25 heavy (non-hydrogen) atoms. The summed E-state index contributed by atoms with van der Waals surface area (Å²) in [5, 5.41) is 2.84. The van der Waals surface area contributed by atoms with E-state index in [1.54, 1.807) is 24.6 Å². The molecule has 130 valence electrons. The molecule has 0 unspecified atom stereocenters. The van der Waals surface area contributed by atoms with Crippen molar-refractivity contribution in [2.45, 2.75) is 20.3 Å². The van der Waals surface area contributed by atoms with Crippen LogP contribution in [0.25, 0.3) is 16.9 Å². The fourth-order valence-electron chi connectivity index (χ4n) is 2.71. The second-order valence-corrected chi connectivity index (χ2v) is 5.91. The highest BCUT2D eigenvalue weighted by Crippen LogP contribution is 2.24. The number of nitrogens with zero attached hydrogens (tertiary/aromatic N) is 4. The standard InChI is InChI=1S/C17H19N5O3/c1-5-13(23)19-11-7-6-10(2)8-12(11)22-9-18-15-14(22)16(24)21(4)17(25)20(15)3/h6-9H,5H2,1-4H3,(H,19,23). The number of benzene rings is 1. The van der Waals surface area contributed by atoms with Crippen LogP contribution in [0.1, 0.15) is 18.9 Å². The number of anilines is 1. The summed E-state index contributed by atoms with van der Waals surface area (Å²) >= 11 is 0. The molecule has 3 aromatic rings. The van der Waals surface area contributed by atoms with Gasteiger partial charge in [-0.25, -0.2) is 9.78 Å². The molecule has 0 radical (unpaired) electrons. The van der Waals surface area contributed by atoms with Gasteiger partial charge in [-0.2, -0.15) is 0 Å². The zero-order valence-corrected chi connectivity index (χ0v) is 14.5. The molecule has 3 rings (SSSR count). The van der Waals surface area contributed by atoms with Gasteiger partial charge in [-0.15, -0.1) is 0 Å². The Kier molecular flexibility index (Phi) is 4.03. The lowest BCUT2D eigenvalue weighted by Crippen LogP contribution is -2.37. The van der Waals surface area contributed by atoms with Crippen LogP contribution in [0.2, 0.25) is 0 Å². The van der Waals surface area contributed by atoms with Gasteiger partial charge in [0.2, 0.25) is 5.91 Å². The third-order valence-electron chi connectivity index (χ3n) is 4.15. The Hall–Kier alpha value is -3.16. The number of hydrogen-bond donors (Lipinski definition) is 1. The van der Waals surface area contributed by atoms with E-state index in [-0.39, 0.29) is 11.4 Å². The highest BCUT2D eigenvalue weighted by atomic mass is 16.2. The van der Waals surface area contributed by atoms with Crippen molar-refractivity contribution < 1.29 is 4.79 Å². The fourth-order valence-corrected chi connectivity index (χ4v) is 2.71. The first-order chi connectivity index (χ1) is 11.8. The molecule has 0 aliphatic carbocycles. The molecule has 8 nitrogen and oxygen atoms in total. The molecule has 0 saturated carbocycles. The number of amides is 1. The maximum Gasteiger partial charge on any atom is 0.332 e. The maximum atomic E-state index is 12.6. The predicted molar refractivity (Wildman–Crippen MR) is 95.2 cm³/mol. The highest BCUT2D eigenvalue weighted by molar-refractivity contribution is 5.93. The lowest BCUT2D eigenvalue weighted by molar-refractivity contribution is -0.115. The quantitative estimate of drug-likeness (QED) is 0.772. The van der Waals surface area contributed by atoms with Crippen molar-refractivity contribution >= 4 is 22.8 Å². The Balaban J connectivity index is 2.35. The van der Waals surface area contributed by atoms with Gasteiger partial charge < -0.3 is 5.32 Å². The lowest BCUT2D eigenvalue weighted by atomic mass is 10.2. The van der Waals surface area contributed by atoms with Crippen molar-refractivity contribution in [3.8, 4) is 5.69 Å². The average Bonchev–Trinajstić information content (AvgIpc) is 3.04. The molecule has 2 heterocycles. The van der Waals surface area contributed by atoms with Gasteiger partial charge >= 0.3 is 5.69 Å². The van der Waals surface area contributed by atoms with Crippen molar-refractivity contribution in [2.75, 3.05) is 5.32 Å². The van der Waals surface area contributed by atoms with Gasteiger partial charge in [0.25, 0.3) is 5.56 Å². The second-order valence-electron chi connectivity index (χ2n) is 5.91. The third-order valence-corrected chi connectivity index (χ3v) is 4.15. The molecule has 2 aromatic heterocycles. The number of imidazole rings is 1. The summed E-state index contributed by atoms with van der Waals surface area (Å²) < 4.78 is 3.98. The molecule has 0 aliphatic rings. The minimum atomic E-state index is -0.440. The second kappa shape index (κ2) is 6.04. The van der Waals surface area contributed by atoms with Gasteiger partial charge in [-0.1, -0.05) is 13.0 Å². The topological polar surface area (TPSA) is 90.9 Å². The van der Waals surface area contributed by atoms with E-state index in [1.165, 1.54) is 17.9 Å². The molecular weight excluding hydrogens is 322 g/mol. The van der Waals surface area contributed by atoms with E-state index in [0.29, 0.717) is 23.4 Å². The number of aromatic nitrogens is 4. The number of fused-ring (bicyclic) bond motifs is 1. The lowest BCUT2D eigenvalue weighted by Gasteiger charge is -2.13. The summed E-state index contributed by atoms with van der Waals surface area (Å²) in [5.41, 5.74) is 1.86. The van der Waals surface area contributed by atoms with E-state index in [2.05, 4.69) is 10.3 Å². The van der Waals surface area contributed by atoms with Crippen molar-refractivity contribution in [1.29, 1.82) is 0 Å². The molecule has 1 aromatic carbocycles. The molecule has 0 bridgehead atoms. The minimum Gasteiger partial charge on any atom is -0.324 e. The van der Waals surface area contributed by atoms with Crippen LogP contribution >= 0.6 is 0 Å². The number of hydrogen-bond acceptors (Lipinski definition) is 4. The summed E-state index contributed by atoms with van der Waals surface area (Å²) in [6.07, 6.45) is 1.83. The normalized spacial score (nSPS) is 11.0. The van der Waals surface area contributed by atoms with Crippen LogP contribution in [0.3, 0.4) is 0 Å².